The Morgan fingerprint density at radius 3 is 2.53 bits per heavy atom. The molecule has 1 aromatic carbocycles. The van der Waals surface area contributed by atoms with E-state index in [1.807, 2.05) is 19.9 Å². The first-order chi connectivity index (χ1) is 7.99. The van der Waals surface area contributed by atoms with E-state index in [0.717, 1.165) is 21.8 Å². The molecule has 4 nitrogen and oxygen atoms in total. The highest BCUT2D eigenvalue weighted by Gasteiger charge is 2.10. The molecule has 0 aliphatic rings. The van der Waals surface area contributed by atoms with Gasteiger partial charge in [-0.1, -0.05) is 0 Å². The fraction of sp³-hybridized carbons (Fsp3) is 0.250. The van der Waals surface area contributed by atoms with Gasteiger partial charge in [-0.3, -0.25) is 4.79 Å². The molecule has 0 N–H and O–H groups in total. The zero-order valence-electron chi connectivity index (χ0n) is 9.86. The third-order valence-corrected chi connectivity index (χ3v) is 3.09. The lowest BCUT2D eigenvalue weighted by atomic mass is 10.1. The maximum atomic E-state index is 11.3. The molecule has 1 heterocycles. The van der Waals surface area contributed by atoms with Gasteiger partial charge >= 0.3 is 0 Å². The standard InChI is InChI=1S/C12H12BrN3O/c1-7(17)10-4-5-12(11(13)6-10)16-9(3)14-8(2)15-16/h4-6H,1-3H3. The summed E-state index contributed by atoms with van der Waals surface area (Å²) in [6.45, 7) is 5.29. The number of nitrogens with zero attached hydrogens (tertiary/aromatic N) is 3. The molecule has 0 bridgehead atoms. The monoisotopic (exact) mass is 293 g/mol. The molecule has 0 fully saturated rings. The van der Waals surface area contributed by atoms with Crippen molar-refractivity contribution in [3.63, 3.8) is 0 Å². The predicted octanol–water partition coefficient (Wildman–Crippen LogP) is 2.85. The van der Waals surface area contributed by atoms with Crippen LogP contribution in [0.25, 0.3) is 5.69 Å². The van der Waals surface area contributed by atoms with Gasteiger partial charge in [-0.2, -0.15) is 5.10 Å². The number of rotatable bonds is 2. The molecule has 1 aromatic heterocycles. The Morgan fingerprint density at radius 1 is 1.35 bits per heavy atom. The molecule has 0 amide bonds. The minimum Gasteiger partial charge on any atom is -0.295 e. The molecule has 0 saturated heterocycles. The molecule has 0 spiro atoms. The number of carbonyl (C=O) groups excluding carboxylic acids is 1. The normalized spacial score (nSPS) is 10.6. The second-order valence-electron chi connectivity index (χ2n) is 3.84. The van der Waals surface area contributed by atoms with E-state index < -0.39 is 0 Å². The van der Waals surface area contributed by atoms with Crippen molar-refractivity contribution in [1.29, 1.82) is 0 Å². The highest BCUT2D eigenvalue weighted by molar-refractivity contribution is 9.10. The molecule has 88 valence electrons. The number of aryl methyl sites for hydroxylation is 2. The van der Waals surface area contributed by atoms with Crippen LogP contribution in [0.3, 0.4) is 0 Å². The molecule has 0 radical (unpaired) electrons. The van der Waals surface area contributed by atoms with Gasteiger partial charge in [0.05, 0.1) is 5.69 Å². The van der Waals surface area contributed by atoms with Gasteiger partial charge in [0.1, 0.15) is 11.6 Å². The van der Waals surface area contributed by atoms with E-state index in [1.54, 1.807) is 23.7 Å². The molecule has 0 unspecified atom stereocenters. The van der Waals surface area contributed by atoms with E-state index in [9.17, 15) is 4.79 Å². The Kier molecular flexibility index (Phi) is 3.11. The van der Waals surface area contributed by atoms with Crippen molar-refractivity contribution in [2.45, 2.75) is 20.8 Å². The summed E-state index contributed by atoms with van der Waals surface area (Å²) in [6.07, 6.45) is 0. The topological polar surface area (TPSA) is 47.8 Å². The van der Waals surface area contributed by atoms with Crippen LogP contribution < -0.4 is 0 Å². The number of hydrogen-bond donors (Lipinski definition) is 0. The molecule has 2 aromatic rings. The van der Waals surface area contributed by atoms with Crippen LogP contribution in [0.4, 0.5) is 0 Å². The minimum absolute atomic E-state index is 0.0451. The lowest BCUT2D eigenvalue weighted by Gasteiger charge is -2.07. The maximum Gasteiger partial charge on any atom is 0.159 e. The van der Waals surface area contributed by atoms with Crippen molar-refractivity contribution in [3.05, 3.63) is 39.9 Å². The van der Waals surface area contributed by atoms with Gasteiger partial charge in [-0.15, -0.1) is 0 Å². The van der Waals surface area contributed by atoms with Gasteiger partial charge in [0.25, 0.3) is 0 Å². The Morgan fingerprint density at radius 2 is 2.06 bits per heavy atom. The molecule has 0 saturated carbocycles. The Balaban J connectivity index is 2.54. The molecular formula is C12H12BrN3O. The molecule has 17 heavy (non-hydrogen) atoms. The SMILES string of the molecule is CC(=O)c1ccc(-n2nc(C)nc2C)c(Br)c1. The van der Waals surface area contributed by atoms with Crippen LogP contribution in [0.2, 0.25) is 0 Å². The second-order valence-corrected chi connectivity index (χ2v) is 4.69. The van der Waals surface area contributed by atoms with E-state index in [-0.39, 0.29) is 5.78 Å². The largest absolute Gasteiger partial charge is 0.295 e. The van der Waals surface area contributed by atoms with E-state index in [4.69, 9.17) is 0 Å². The highest BCUT2D eigenvalue weighted by Crippen LogP contribution is 2.23. The number of aromatic nitrogens is 3. The molecule has 0 aliphatic heterocycles. The quantitative estimate of drug-likeness (QED) is 0.800. The summed E-state index contributed by atoms with van der Waals surface area (Å²) in [5, 5.41) is 4.31. The second kappa shape index (κ2) is 4.41. The summed E-state index contributed by atoms with van der Waals surface area (Å²) in [7, 11) is 0. The molecule has 0 atom stereocenters. The van der Waals surface area contributed by atoms with Crippen molar-refractivity contribution in [2.24, 2.45) is 0 Å². The van der Waals surface area contributed by atoms with Crippen molar-refractivity contribution in [3.8, 4) is 5.69 Å². The predicted molar refractivity (Wildman–Crippen MR) is 68.5 cm³/mol. The average molecular weight is 294 g/mol. The highest BCUT2D eigenvalue weighted by atomic mass is 79.9. The number of hydrogen-bond acceptors (Lipinski definition) is 3. The summed E-state index contributed by atoms with van der Waals surface area (Å²) >= 11 is 3.45. The van der Waals surface area contributed by atoms with Gasteiger partial charge < -0.3 is 0 Å². The van der Waals surface area contributed by atoms with Gasteiger partial charge in [-0.25, -0.2) is 9.67 Å². The first-order valence-electron chi connectivity index (χ1n) is 5.20. The number of ketones is 1. The zero-order chi connectivity index (χ0) is 12.6. The van der Waals surface area contributed by atoms with Crippen LogP contribution in [-0.2, 0) is 0 Å². The summed E-state index contributed by atoms with van der Waals surface area (Å²) in [5.41, 5.74) is 1.56. The number of carbonyl (C=O) groups is 1. The number of halogens is 1. The first kappa shape index (κ1) is 12.0. The lowest BCUT2D eigenvalue weighted by molar-refractivity contribution is 0.101. The van der Waals surface area contributed by atoms with Crippen LogP contribution in [0.5, 0.6) is 0 Å². The Labute approximate surface area is 108 Å². The van der Waals surface area contributed by atoms with E-state index in [1.165, 1.54) is 0 Å². The van der Waals surface area contributed by atoms with Crippen LogP contribution in [0.1, 0.15) is 28.9 Å². The fourth-order valence-corrected chi connectivity index (χ4v) is 2.19. The van der Waals surface area contributed by atoms with Crippen LogP contribution in [0.15, 0.2) is 22.7 Å². The van der Waals surface area contributed by atoms with Crippen LogP contribution in [-0.4, -0.2) is 20.5 Å². The summed E-state index contributed by atoms with van der Waals surface area (Å²) < 4.78 is 2.58. The van der Waals surface area contributed by atoms with E-state index in [0.29, 0.717) is 5.56 Å². The number of Topliss-reactive ketones (excluding diaryl/α,β-unsaturated/α-hetero) is 1. The van der Waals surface area contributed by atoms with Gasteiger partial charge in [0.2, 0.25) is 0 Å². The third kappa shape index (κ3) is 2.29. The summed E-state index contributed by atoms with van der Waals surface area (Å²) in [4.78, 5) is 15.5. The Hall–Kier alpha value is -1.49. The summed E-state index contributed by atoms with van der Waals surface area (Å²) in [5.74, 6) is 1.59. The summed E-state index contributed by atoms with van der Waals surface area (Å²) in [6, 6.07) is 5.45. The van der Waals surface area contributed by atoms with Crippen LogP contribution in [0, 0.1) is 13.8 Å². The van der Waals surface area contributed by atoms with Crippen molar-refractivity contribution in [1.82, 2.24) is 14.8 Å². The van der Waals surface area contributed by atoms with Crippen molar-refractivity contribution >= 4 is 21.7 Å². The smallest absolute Gasteiger partial charge is 0.159 e. The third-order valence-electron chi connectivity index (χ3n) is 2.46. The minimum atomic E-state index is 0.0451. The Bertz CT molecular complexity index is 589. The van der Waals surface area contributed by atoms with E-state index in [2.05, 4.69) is 26.0 Å². The molecule has 0 aliphatic carbocycles. The van der Waals surface area contributed by atoms with Gasteiger partial charge in [-0.05, 0) is 54.9 Å². The molecular weight excluding hydrogens is 282 g/mol. The lowest BCUT2D eigenvalue weighted by Crippen LogP contribution is -2.02. The van der Waals surface area contributed by atoms with Crippen molar-refractivity contribution in [2.75, 3.05) is 0 Å². The van der Waals surface area contributed by atoms with Gasteiger partial charge in [0, 0.05) is 10.0 Å². The van der Waals surface area contributed by atoms with E-state index >= 15 is 0 Å². The fourth-order valence-electron chi connectivity index (χ4n) is 1.65. The number of benzene rings is 1. The van der Waals surface area contributed by atoms with Crippen molar-refractivity contribution < 1.29 is 4.79 Å². The zero-order valence-corrected chi connectivity index (χ0v) is 11.4. The average Bonchev–Trinajstić information content (AvgIpc) is 2.57. The molecule has 2 rings (SSSR count). The first-order valence-corrected chi connectivity index (χ1v) is 5.99. The van der Waals surface area contributed by atoms with Gasteiger partial charge in [0.15, 0.2) is 5.78 Å². The molecule has 5 heteroatoms. The van der Waals surface area contributed by atoms with Crippen LogP contribution >= 0.6 is 15.9 Å². The maximum absolute atomic E-state index is 11.3.